The van der Waals surface area contributed by atoms with Crippen molar-refractivity contribution in [1.82, 2.24) is 9.97 Å². The maximum absolute atomic E-state index is 10.7. The first kappa shape index (κ1) is 10.1. The molecule has 0 saturated heterocycles. The molecule has 0 aliphatic carbocycles. The Labute approximate surface area is 92.3 Å². The van der Waals surface area contributed by atoms with Gasteiger partial charge in [0.15, 0.2) is 5.82 Å². The van der Waals surface area contributed by atoms with Gasteiger partial charge >= 0.3 is 6.03 Å². The van der Waals surface area contributed by atoms with Crippen LogP contribution in [-0.2, 0) is 0 Å². The minimum Gasteiger partial charge on any atom is -0.351 e. The molecule has 0 aliphatic heterocycles. The molecule has 5 nitrogen and oxygen atoms in total. The lowest BCUT2D eigenvalue weighted by Crippen LogP contribution is -2.19. The van der Waals surface area contributed by atoms with Crippen LogP contribution in [0.15, 0.2) is 42.7 Å². The first-order chi connectivity index (χ1) is 7.75. The van der Waals surface area contributed by atoms with Crippen molar-refractivity contribution < 1.29 is 4.79 Å². The lowest BCUT2D eigenvalue weighted by atomic mass is 10.2. The van der Waals surface area contributed by atoms with Crippen LogP contribution < -0.4 is 11.1 Å². The topological polar surface area (TPSA) is 80.9 Å². The van der Waals surface area contributed by atoms with Gasteiger partial charge in [-0.25, -0.2) is 14.8 Å². The molecule has 0 aliphatic rings. The third-order valence-electron chi connectivity index (χ3n) is 1.95. The zero-order valence-corrected chi connectivity index (χ0v) is 8.42. The summed E-state index contributed by atoms with van der Waals surface area (Å²) in [6.07, 6.45) is 3.33. The van der Waals surface area contributed by atoms with Gasteiger partial charge in [-0.15, -0.1) is 0 Å². The number of aromatic nitrogens is 2. The van der Waals surface area contributed by atoms with E-state index in [4.69, 9.17) is 5.73 Å². The first-order valence-corrected chi connectivity index (χ1v) is 4.69. The molecule has 2 rings (SSSR count). The van der Waals surface area contributed by atoms with Gasteiger partial charge in [0.05, 0.1) is 0 Å². The predicted octanol–water partition coefficient (Wildman–Crippen LogP) is 1.63. The molecule has 2 aromatic rings. The van der Waals surface area contributed by atoms with E-state index in [1.165, 1.54) is 0 Å². The van der Waals surface area contributed by atoms with Gasteiger partial charge in [0, 0.05) is 23.6 Å². The Bertz CT molecular complexity index is 498. The number of primary amides is 1. The van der Waals surface area contributed by atoms with Crippen LogP contribution in [-0.4, -0.2) is 16.0 Å². The summed E-state index contributed by atoms with van der Waals surface area (Å²) in [5, 5.41) is 2.50. The Kier molecular flexibility index (Phi) is 2.77. The molecule has 0 radical (unpaired) electrons. The van der Waals surface area contributed by atoms with Crippen LogP contribution in [0.25, 0.3) is 11.4 Å². The Morgan fingerprint density at radius 2 is 1.94 bits per heavy atom. The lowest BCUT2D eigenvalue weighted by molar-refractivity contribution is 0.259. The molecule has 0 spiro atoms. The number of carbonyl (C=O) groups is 1. The molecule has 0 atom stereocenters. The minimum atomic E-state index is -0.592. The van der Waals surface area contributed by atoms with Crippen LogP contribution in [0, 0.1) is 0 Å². The van der Waals surface area contributed by atoms with Crippen LogP contribution >= 0.6 is 0 Å². The van der Waals surface area contributed by atoms with Crippen LogP contribution in [0.1, 0.15) is 0 Å². The van der Waals surface area contributed by atoms with Crippen molar-refractivity contribution in [3.63, 3.8) is 0 Å². The quantitative estimate of drug-likeness (QED) is 0.797. The largest absolute Gasteiger partial charge is 0.351 e. The maximum atomic E-state index is 10.7. The van der Waals surface area contributed by atoms with E-state index in [2.05, 4.69) is 15.3 Å². The summed E-state index contributed by atoms with van der Waals surface area (Å²) in [6.45, 7) is 0. The highest BCUT2D eigenvalue weighted by Gasteiger charge is 2.01. The number of anilines is 1. The molecule has 5 heteroatoms. The van der Waals surface area contributed by atoms with Crippen molar-refractivity contribution in [3.05, 3.63) is 42.7 Å². The molecule has 2 amide bonds. The number of nitrogens with zero attached hydrogens (tertiary/aromatic N) is 2. The number of hydrogen-bond acceptors (Lipinski definition) is 3. The number of hydrogen-bond donors (Lipinski definition) is 2. The summed E-state index contributed by atoms with van der Waals surface area (Å²) in [7, 11) is 0. The van der Waals surface area contributed by atoms with Crippen molar-refractivity contribution in [2.45, 2.75) is 0 Å². The normalized spacial score (nSPS) is 9.75. The fourth-order valence-electron chi connectivity index (χ4n) is 1.33. The fourth-order valence-corrected chi connectivity index (χ4v) is 1.33. The second kappa shape index (κ2) is 4.39. The third kappa shape index (κ3) is 2.33. The third-order valence-corrected chi connectivity index (χ3v) is 1.95. The Morgan fingerprint density at radius 3 is 2.62 bits per heavy atom. The van der Waals surface area contributed by atoms with E-state index >= 15 is 0 Å². The van der Waals surface area contributed by atoms with Gasteiger partial charge in [-0.05, 0) is 18.2 Å². The number of nitrogens with one attached hydrogen (secondary N) is 1. The zero-order chi connectivity index (χ0) is 11.4. The molecular formula is C11H10N4O. The van der Waals surface area contributed by atoms with Crippen LogP contribution in [0.3, 0.4) is 0 Å². The number of carbonyl (C=O) groups excluding carboxylic acids is 1. The Balaban J connectivity index is 2.33. The second-order valence-electron chi connectivity index (χ2n) is 3.14. The molecule has 0 unspecified atom stereocenters. The SMILES string of the molecule is NC(=O)Nc1cccc(-c2ncccn2)c1. The number of nitrogens with two attached hydrogens (primary N) is 1. The van der Waals surface area contributed by atoms with Crippen molar-refractivity contribution in [2.75, 3.05) is 5.32 Å². The van der Waals surface area contributed by atoms with Gasteiger partial charge in [-0.2, -0.15) is 0 Å². The van der Waals surface area contributed by atoms with Gasteiger partial charge in [0.25, 0.3) is 0 Å². The molecule has 1 heterocycles. The highest BCUT2D eigenvalue weighted by atomic mass is 16.2. The van der Waals surface area contributed by atoms with Gasteiger partial charge in [0.1, 0.15) is 0 Å². The summed E-state index contributed by atoms with van der Waals surface area (Å²) in [4.78, 5) is 18.9. The standard InChI is InChI=1S/C11H10N4O/c12-11(16)15-9-4-1-3-8(7-9)10-13-5-2-6-14-10/h1-7H,(H3,12,15,16). The number of amides is 2. The van der Waals surface area contributed by atoms with Crippen LogP contribution in [0.5, 0.6) is 0 Å². The van der Waals surface area contributed by atoms with Gasteiger partial charge in [0.2, 0.25) is 0 Å². The summed E-state index contributed by atoms with van der Waals surface area (Å²) in [5.41, 5.74) is 6.48. The highest BCUT2D eigenvalue weighted by molar-refractivity contribution is 5.88. The van der Waals surface area contributed by atoms with Gasteiger partial charge in [-0.3, -0.25) is 0 Å². The lowest BCUT2D eigenvalue weighted by Gasteiger charge is -2.03. The maximum Gasteiger partial charge on any atom is 0.316 e. The molecule has 0 bridgehead atoms. The molecule has 1 aromatic carbocycles. The summed E-state index contributed by atoms with van der Waals surface area (Å²) in [6, 6.07) is 8.33. The van der Waals surface area contributed by atoms with Crippen molar-refractivity contribution in [1.29, 1.82) is 0 Å². The number of urea groups is 1. The Hall–Kier alpha value is -2.43. The van der Waals surface area contributed by atoms with Crippen molar-refractivity contribution >= 4 is 11.7 Å². The highest BCUT2D eigenvalue weighted by Crippen LogP contribution is 2.18. The average molecular weight is 214 g/mol. The minimum absolute atomic E-state index is 0.592. The summed E-state index contributed by atoms with van der Waals surface area (Å²) < 4.78 is 0. The smallest absolute Gasteiger partial charge is 0.316 e. The van der Waals surface area contributed by atoms with E-state index in [0.29, 0.717) is 11.5 Å². The van der Waals surface area contributed by atoms with E-state index in [1.807, 2.05) is 6.07 Å². The van der Waals surface area contributed by atoms with Crippen molar-refractivity contribution in [3.8, 4) is 11.4 Å². The zero-order valence-electron chi connectivity index (χ0n) is 8.42. The first-order valence-electron chi connectivity index (χ1n) is 4.69. The number of rotatable bonds is 2. The fraction of sp³-hybridized carbons (Fsp3) is 0. The average Bonchev–Trinajstić information content (AvgIpc) is 2.30. The van der Waals surface area contributed by atoms with Gasteiger partial charge in [-0.1, -0.05) is 12.1 Å². The predicted molar refractivity (Wildman–Crippen MR) is 60.7 cm³/mol. The van der Waals surface area contributed by atoms with Crippen molar-refractivity contribution in [2.24, 2.45) is 5.73 Å². The van der Waals surface area contributed by atoms with E-state index in [-0.39, 0.29) is 0 Å². The van der Waals surface area contributed by atoms with Gasteiger partial charge < -0.3 is 11.1 Å². The monoisotopic (exact) mass is 214 g/mol. The molecule has 16 heavy (non-hydrogen) atoms. The number of benzene rings is 1. The molecule has 80 valence electrons. The molecular weight excluding hydrogens is 204 g/mol. The summed E-state index contributed by atoms with van der Waals surface area (Å²) >= 11 is 0. The molecule has 1 aromatic heterocycles. The van der Waals surface area contributed by atoms with E-state index in [1.54, 1.807) is 36.7 Å². The van der Waals surface area contributed by atoms with E-state index in [0.717, 1.165) is 5.56 Å². The van der Waals surface area contributed by atoms with Crippen LogP contribution in [0.2, 0.25) is 0 Å². The molecule has 3 N–H and O–H groups in total. The molecule has 0 fully saturated rings. The summed E-state index contributed by atoms with van der Waals surface area (Å²) in [5.74, 6) is 0.607. The molecule has 0 saturated carbocycles. The van der Waals surface area contributed by atoms with E-state index in [9.17, 15) is 4.79 Å². The van der Waals surface area contributed by atoms with E-state index < -0.39 is 6.03 Å². The Morgan fingerprint density at radius 1 is 1.19 bits per heavy atom. The second-order valence-corrected chi connectivity index (χ2v) is 3.14. The van der Waals surface area contributed by atoms with Crippen LogP contribution in [0.4, 0.5) is 10.5 Å².